The number of hydrogen-bond acceptors (Lipinski definition) is 5. The molecule has 2 aromatic heterocycles. The Bertz CT molecular complexity index is 839. The van der Waals surface area contributed by atoms with Crippen LogP contribution in [0.5, 0.6) is 11.8 Å². The van der Waals surface area contributed by atoms with Crippen molar-refractivity contribution < 1.29 is 9.47 Å². The second-order valence-corrected chi connectivity index (χ2v) is 6.79. The Morgan fingerprint density at radius 2 is 1.57 bits per heavy atom. The molecule has 6 nitrogen and oxygen atoms in total. The number of para-hydroxylation sites is 2. The number of methoxy groups -OCH3 is 2. The van der Waals surface area contributed by atoms with Gasteiger partial charge < -0.3 is 9.47 Å². The summed E-state index contributed by atoms with van der Waals surface area (Å²) in [7, 11) is 2.99. The van der Waals surface area contributed by atoms with Crippen LogP contribution in [0.3, 0.4) is 0 Å². The second-order valence-electron chi connectivity index (χ2n) is 4.51. The topological polar surface area (TPSA) is 62.1 Å². The molecule has 0 fully saturated rings. The number of imidazole rings is 1. The zero-order valence-electron chi connectivity index (χ0n) is 12.1. The van der Waals surface area contributed by atoms with Gasteiger partial charge in [-0.25, -0.2) is 4.98 Å². The third-order valence-electron chi connectivity index (χ3n) is 3.10. The number of rotatable bonds is 3. The fraction of sp³-hybridized carbons (Fsp3) is 0.214. The van der Waals surface area contributed by atoms with Crippen LogP contribution in [-0.4, -0.2) is 33.7 Å². The first-order chi connectivity index (χ1) is 10.9. The summed E-state index contributed by atoms with van der Waals surface area (Å²) in [6.07, 6.45) is 0. The Balaban J connectivity index is 2.35. The number of fused-ring (bicyclic) bond motifs is 1. The van der Waals surface area contributed by atoms with Crippen LogP contribution in [0.4, 0.5) is 0 Å². The summed E-state index contributed by atoms with van der Waals surface area (Å²) in [5, 5.41) is 0. The molecule has 3 rings (SSSR count). The molecule has 0 atom stereocenters. The van der Waals surface area contributed by atoms with E-state index in [1.807, 2.05) is 24.3 Å². The maximum atomic E-state index is 6.06. The molecule has 2 heterocycles. The summed E-state index contributed by atoms with van der Waals surface area (Å²) in [6.45, 7) is 0. The lowest BCUT2D eigenvalue weighted by molar-refractivity contribution is 0.370. The highest BCUT2D eigenvalue weighted by Crippen LogP contribution is 2.40. The minimum absolute atomic E-state index is 0.180. The van der Waals surface area contributed by atoms with E-state index in [-0.39, 0.29) is 11.8 Å². The van der Waals surface area contributed by atoms with Crippen molar-refractivity contribution >= 4 is 45.8 Å². The fourth-order valence-electron chi connectivity index (χ4n) is 2.12. The van der Waals surface area contributed by atoms with Crippen molar-refractivity contribution in [2.24, 2.45) is 0 Å². The number of ether oxygens (including phenoxy) is 2. The summed E-state index contributed by atoms with van der Waals surface area (Å²) < 4.78 is 10.1. The van der Waals surface area contributed by atoms with Gasteiger partial charge in [0.25, 0.3) is 0 Å². The molecule has 0 spiro atoms. The smallest absolute Gasteiger partial charge is 0.248 e. The molecule has 0 aliphatic rings. The lowest BCUT2D eigenvalue weighted by Gasteiger charge is -2.14. The highest BCUT2D eigenvalue weighted by Gasteiger charge is 2.32. The van der Waals surface area contributed by atoms with E-state index >= 15 is 0 Å². The van der Waals surface area contributed by atoms with Gasteiger partial charge in [0.2, 0.25) is 21.5 Å². The zero-order chi connectivity index (χ0) is 16.6. The van der Waals surface area contributed by atoms with E-state index in [1.54, 1.807) is 10.6 Å². The summed E-state index contributed by atoms with van der Waals surface area (Å²) in [5.41, 5.74) is 1.35. The lowest BCUT2D eigenvalue weighted by atomic mass is 10.3. The molecule has 1 aromatic carbocycles. The summed E-state index contributed by atoms with van der Waals surface area (Å²) in [4.78, 5) is 13.0. The third kappa shape index (κ3) is 3.02. The highest BCUT2D eigenvalue weighted by molar-refractivity contribution is 6.66. The fourth-order valence-corrected chi connectivity index (χ4v) is 2.50. The van der Waals surface area contributed by atoms with Crippen molar-refractivity contribution in [1.29, 1.82) is 0 Å². The van der Waals surface area contributed by atoms with Gasteiger partial charge in [-0.05, 0) is 12.1 Å². The van der Waals surface area contributed by atoms with Crippen LogP contribution in [0, 0.1) is 0 Å². The van der Waals surface area contributed by atoms with Gasteiger partial charge in [-0.15, -0.1) is 0 Å². The molecule has 0 saturated carbocycles. The van der Waals surface area contributed by atoms with Crippen molar-refractivity contribution in [3.8, 4) is 17.7 Å². The number of alkyl halides is 3. The molecule has 0 aliphatic carbocycles. The second kappa shape index (κ2) is 6.03. The summed E-state index contributed by atoms with van der Waals surface area (Å²) >= 11 is 18.2. The molecule has 0 amide bonds. The van der Waals surface area contributed by atoms with E-state index in [2.05, 4.69) is 15.0 Å². The lowest BCUT2D eigenvalue weighted by Crippen LogP contribution is -2.13. The molecule has 0 radical (unpaired) electrons. The van der Waals surface area contributed by atoms with Crippen LogP contribution in [0.2, 0.25) is 0 Å². The van der Waals surface area contributed by atoms with E-state index in [4.69, 9.17) is 44.3 Å². The molecule has 0 aliphatic heterocycles. The molecule has 23 heavy (non-hydrogen) atoms. The van der Waals surface area contributed by atoms with E-state index in [9.17, 15) is 0 Å². The average Bonchev–Trinajstić information content (AvgIpc) is 2.94. The minimum Gasteiger partial charge on any atom is -0.481 e. The SMILES string of the molecule is COc1cc(OC)nc(-n2c(C(Cl)(Cl)Cl)nc3ccccc32)n1. The highest BCUT2D eigenvalue weighted by atomic mass is 35.6. The van der Waals surface area contributed by atoms with E-state index in [1.165, 1.54) is 14.2 Å². The van der Waals surface area contributed by atoms with Crippen molar-refractivity contribution in [2.75, 3.05) is 14.2 Å². The van der Waals surface area contributed by atoms with Gasteiger partial charge in [0.05, 0.1) is 31.3 Å². The molecule has 0 bridgehead atoms. The van der Waals surface area contributed by atoms with Gasteiger partial charge in [-0.3, -0.25) is 4.57 Å². The first-order valence-electron chi connectivity index (χ1n) is 6.46. The summed E-state index contributed by atoms with van der Waals surface area (Å²) in [5.74, 6) is 1.05. The number of aromatic nitrogens is 4. The molecule has 120 valence electrons. The minimum atomic E-state index is -1.75. The Morgan fingerprint density at radius 1 is 0.957 bits per heavy atom. The van der Waals surface area contributed by atoms with Gasteiger partial charge in [0, 0.05) is 0 Å². The van der Waals surface area contributed by atoms with Gasteiger partial charge in [0.15, 0.2) is 5.82 Å². The predicted octanol–water partition coefficient (Wildman–Crippen LogP) is 3.66. The van der Waals surface area contributed by atoms with E-state index < -0.39 is 3.79 Å². The monoisotopic (exact) mass is 372 g/mol. The Labute approximate surface area is 146 Å². The van der Waals surface area contributed by atoms with Crippen LogP contribution < -0.4 is 9.47 Å². The van der Waals surface area contributed by atoms with Crippen LogP contribution in [0.1, 0.15) is 5.82 Å². The van der Waals surface area contributed by atoms with Crippen molar-refractivity contribution in [3.05, 3.63) is 36.2 Å². The Kier molecular flexibility index (Phi) is 4.23. The molecule has 9 heteroatoms. The van der Waals surface area contributed by atoms with Crippen molar-refractivity contribution in [2.45, 2.75) is 3.79 Å². The van der Waals surface area contributed by atoms with E-state index in [0.29, 0.717) is 22.8 Å². The first-order valence-corrected chi connectivity index (χ1v) is 7.59. The number of nitrogens with zero attached hydrogens (tertiary/aromatic N) is 4. The zero-order valence-corrected chi connectivity index (χ0v) is 14.4. The quantitative estimate of drug-likeness (QED) is 0.656. The number of hydrogen-bond donors (Lipinski definition) is 0. The van der Waals surface area contributed by atoms with Crippen molar-refractivity contribution in [3.63, 3.8) is 0 Å². The largest absolute Gasteiger partial charge is 0.481 e. The molecular formula is C14H11Cl3N4O2. The van der Waals surface area contributed by atoms with Crippen LogP contribution in [-0.2, 0) is 3.79 Å². The van der Waals surface area contributed by atoms with Crippen LogP contribution in [0.25, 0.3) is 17.0 Å². The van der Waals surface area contributed by atoms with Crippen molar-refractivity contribution in [1.82, 2.24) is 19.5 Å². The summed E-state index contributed by atoms with van der Waals surface area (Å²) in [6, 6.07) is 8.88. The van der Waals surface area contributed by atoms with Gasteiger partial charge in [-0.2, -0.15) is 9.97 Å². The number of halogens is 3. The van der Waals surface area contributed by atoms with Gasteiger partial charge in [-0.1, -0.05) is 46.9 Å². The normalized spacial score (nSPS) is 11.7. The molecule has 0 N–H and O–H groups in total. The molecule has 0 unspecified atom stereocenters. The molecule has 0 saturated heterocycles. The maximum absolute atomic E-state index is 6.06. The van der Waals surface area contributed by atoms with E-state index in [0.717, 1.165) is 0 Å². The van der Waals surface area contributed by atoms with Crippen LogP contribution >= 0.6 is 34.8 Å². The predicted molar refractivity (Wildman–Crippen MR) is 89.0 cm³/mol. The number of benzene rings is 1. The van der Waals surface area contributed by atoms with Gasteiger partial charge in [0.1, 0.15) is 0 Å². The molecular weight excluding hydrogens is 363 g/mol. The standard InChI is InChI=1S/C14H11Cl3N4O2/c1-22-10-7-11(23-2)20-13(19-10)21-9-6-4-3-5-8(9)18-12(21)14(15,16)17/h3-7H,1-2H3. The third-order valence-corrected chi connectivity index (χ3v) is 3.61. The average molecular weight is 374 g/mol. The van der Waals surface area contributed by atoms with Crippen LogP contribution in [0.15, 0.2) is 30.3 Å². The van der Waals surface area contributed by atoms with Gasteiger partial charge >= 0.3 is 0 Å². The Morgan fingerprint density at radius 3 is 2.13 bits per heavy atom. The first kappa shape index (κ1) is 16.1. The maximum Gasteiger partial charge on any atom is 0.248 e. The Hall–Kier alpha value is -1.76. The molecule has 3 aromatic rings.